The first-order valence-electron chi connectivity index (χ1n) is 20.3. The van der Waals surface area contributed by atoms with E-state index in [4.69, 9.17) is 15.0 Å². The highest BCUT2D eigenvalue weighted by atomic mass is 32.1. The normalized spacial score (nSPS) is 12.8. The third-order valence-corrected chi connectivity index (χ3v) is 13.3. The molecule has 0 aliphatic heterocycles. The van der Waals surface area contributed by atoms with Crippen LogP contribution in [0.4, 0.5) is 0 Å². The van der Waals surface area contributed by atoms with E-state index in [1.54, 1.807) is 0 Å². The van der Waals surface area contributed by atoms with E-state index < -0.39 is 5.41 Å². The molecular formula is C56H35N3S. The van der Waals surface area contributed by atoms with Crippen LogP contribution in [0.25, 0.3) is 87.4 Å². The maximum Gasteiger partial charge on any atom is 0.164 e. The standard InChI is InChI=1S/C56H35N3S/c1-4-16-36(17-5-1)53-57-54(37-18-6-2-7-19-37)59-55(58-53)48-33-40(32-39-20-10-11-23-43(39)48)38-28-30-46-47-31-29-42(35-52(47)60-51(46)34-38)56(41-21-8-3-9-22-41)49-26-14-12-24-44(49)45-25-13-15-27-50(45)56/h1-35H. The average molecular weight is 782 g/mol. The molecule has 2 aromatic heterocycles. The lowest BCUT2D eigenvalue weighted by Crippen LogP contribution is -2.28. The molecule has 1 aliphatic carbocycles. The van der Waals surface area contributed by atoms with Crippen LogP contribution in [0.5, 0.6) is 0 Å². The number of fused-ring (bicyclic) bond motifs is 7. The molecule has 12 rings (SSSR count). The van der Waals surface area contributed by atoms with Crippen LogP contribution in [0.3, 0.4) is 0 Å². The molecule has 1 aliphatic rings. The predicted molar refractivity (Wildman–Crippen MR) is 249 cm³/mol. The topological polar surface area (TPSA) is 38.7 Å². The van der Waals surface area contributed by atoms with Crippen LogP contribution in [0, 0.1) is 0 Å². The second-order valence-corrected chi connectivity index (χ2v) is 16.6. The highest BCUT2D eigenvalue weighted by Gasteiger charge is 2.46. The Hall–Kier alpha value is -7.53. The third-order valence-electron chi connectivity index (χ3n) is 12.2. The summed E-state index contributed by atoms with van der Waals surface area (Å²) in [6.07, 6.45) is 0. The summed E-state index contributed by atoms with van der Waals surface area (Å²) < 4.78 is 2.54. The van der Waals surface area contributed by atoms with E-state index in [1.165, 1.54) is 53.6 Å². The lowest BCUT2D eigenvalue weighted by Gasteiger charge is -2.33. The lowest BCUT2D eigenvalue weighted by atomic mass is 9.67. The lowest BCUT2D eigenvalue weighted by molar-refractivity contribution is 0.770. The zero-order valence-corrected chi connectivity index (χ0v) is 33.3. The number of nitrogens with zero attached hydrogens (tertiary/aromatic N) is 3. The van der Waals surface area contributed by atoms with Gasteiger partial charge in [-0.15, -0.1) is 11.3 Å². The highest BCUT2D eigenvalue weighted by Crippen LogP contribution is 2.56. The van der Waals surface area contributed by atoms with Crippen LogP contribution in [-0.4, -0.2) is 15.0 Å². The van der Waals surface area contributed by atoms with Crippen molar-refractivity contribution in [2.45, 2.75) is 5.41 Å². The van der Waals surface area contributed by atoms with Crippen molar-refractivity contribution in [1.29, 1.82) is 0 Å². The Kier molecular flexibility index (Phi) is 7.94. The van der Waals surface area contributed by atoms with Crippen LogP contribution in [0.15, 0.2) is 212 Å². The quantitative estimate of drug-likeness (QED) is 0.169. The zero-order chi connectivity index (χ0) is 39.6. The number of rotatable bonds is 6. The molecule has 0 radical (unpaired) electrons. The molecule has 280 valence electrons. The van der Waals surface area contributed by atoms with E-state index >= 15 is 0 Å². The molecule has 11 aromatic rings. The maximum absolute atomic E-state index is 5.14. The van der Waals surface area contributed by atoms with Gasteiger partial charge in [0.2, 0.25) is 0 Å². The van der Waals surface area contributed by atoms with Crippen molar-refractivity contribution in [1.82, 2.24) is 15.0 Å². The van der Waals surface area contributed by atoms with E-state index in [1.807, 2.05) is 47.7 Å². The minimum atomic E-state index is -0.429. The van der Waals surface area contributed by atoms with Crippen LogP contribution in [0.2, 0.25) is 0 Å². The summed E-state index contributed by atoms with van der Waals surface area (Å²) >= 11 is 1.87. The molecule has 2 heterocycles. The molecule has 3 nitrogen and oxygen atoms in total. The average Bonchev–Trinajstić information content (AvgIpc) is 3.85. The van der Waals surface area contributed by atoms with E-state index in [0.717, 1.165) is 38.6 Å². The summed E-state index contributed by atoms with van der Waals surface area (Å²) in [4.78, 5) is 15.2. The van der Waals surface area contributed by atoms with Crippen molar-refractivity contribution in [3.8, 4) is 56.4 Å². The summed E-state index contributed by atoms with van der Waals surface area (Å²) in [5, 5.41) is 4.78. The molecule has 0 fully saturated rings. The van der Waals surface area contributed by atoms with Gasteiger partial charge in [-0.05, 0) is 79.5 Å². The predicted octanol–water partition coefficient (Wildman–Crippen LogP) is 14.4. The zero-order valence-electron chi connectivity index (χ0n) is 32.5. The van der Waals surface area contributed by atoms with Gasteiger partial charge in [-0.3, -0.25) is 0 Å². The molecule has 0 spiro atoms. The van der Waals surface area contributed by atoms with Crippen molar-refractivity contribution >= 4 is 42.3 Å². The smallest absolute Gasteiger partial charge is 0.164 e. The molecule has 60 heavy (non-hydrogen) atoms. The van der Waals surface area contributed by atoms with Crippen molar-refractivity contribution in [3.05, 3.63) is 235 Å². The Labute approximate surface area is 352 Å². The molecular weight excluding hydrogens is 747 g/mol. The largest absolute Gasteiger partial charge is 0.208 e. The fraction of sp³-hybridized carbons (Fsp3) is 0.0179. The maximum atomic E-state index is 5.14. The first kappa shape index (κ1) is 34.5. The molecule has 0 bridgehead atoms. The Morgan fingerprint density at radius 2 is 0.850 bits per heavy atom. The number of thiophene rings is 1. The van der Waals surface area contributed by atoms with E-state index in [-0.39, 0.29) is 0 Å². The van der Waals surface area contributed by atoms with Crippen LogP contribution >= 0.6 is 11.3 Å². The number of benzene rings is 9. The molecule has 0 saturated carbocycles. The van der Waals surface area contributed by atoms with Gasteiger partial charge in [0.05, 0.1) is 5.41 Å². The van der Waals surface area contributed by atoms with Gasteiger partial charge in [0, 0.05) is 36.9 Å². The number of aromatic nitrogens is 3. The summed E-state index contributed by atoms with van der Waals surface area (Å²) in [7, 11) is 0. The molecule has 0 amide bonds. The van der Waals surface area contributed by atoms with Gasteiger partial charge in [-0.1, -0.05) is 188 Å². The fourth-order valence-electron chi connectivity index (χ4n) is 9.49. The minimum absolute atomic E-state index is 0.429. The van der Waals surface area contributed by atoms with Gasteiger partial charge in [-0.2, -0.15) is 0 Å². The van der Waals surface area contributed by atoms with E-state index in [9.17, 15) is 0 Å². The summed E-state index contributed by atoms with van der Waals surface area (Å²) in [6, 6.07) is 76.5. The van der Waals surface area contributed by atoms with Gasteiger partial charge in [0.15, 0.2) is 17.5 Å². The molecule has 0 N–H and O–H groups in total. The van der Waals surface area contributed by atoms with Crippen LogP contribution in [0.1, 0.15) is 22.3 Å². The monoisotopic (exact) mass is 781 g/mol. The summed E-state index contributed by atoms with van der Waals surface area (Å²) in [5.41, 5.74) is 12.6. The van der Waals surface area contributed by atoms with Gasteiger partial charge < -0.3 is 0 Å². The Morgan fingerprint density at radius 3 is 1.52 bits per heavy atom. The minimum Gasteiger partial charge on any atom is -0.208 e. The SMILES string of the molecule is c1ccc(-c2nc(-c3ccccc3)nc(-c3cc(-c4ccc5c(c4)sc4cc(C6(c7ccccc7)c7ccccc7-c7ccccc76)ccc45)cc4ccccc34)n2)cc1. The molecule has 9 aromatic carbocycles. The van der Waals surface area contributed by atoms with Gasteiger partial charge >= 0.3 is 0 Å². The van der Waals surface area contributed by atoms with E-state index in [2.05, 4.69) is 176 Å². The summed E-state index contributed by atoms with van der Waals surface area (Å²) in [5.74, 6) is 1.95. The van der Waals surface area contributed by atoms with Gasteiger partial charge in [-0.25, -0.2) is 15.0 Å². The Morgan fingerprint density at radius 1 is 0.317 bits per heavy atom. The molecule has 4 heteroatoms. The van der Waals surface area contributed by atoms with Crippen LogP contribution < -0.4 is 0 Å². The van der Waals surface area contributed by atoms with Crippen LogP contribution in [-0.2, 0) is 5.41 Å². The number of hydrogen-bond acceptors (Lipinski definition) is 4. The second kappa shape index (κ2) is 13.8. The summed E-state index contributed by atoms with van der Waals surface area (Å²) in [6.45, 7) is 0. The van der Waals surface area contributed by atoms with Crippen molar-refractivity contribution in [2.24, 2.45) is 0 Å². The molecule has 0 unspecified atom stereocenters. The second-order valence-electron chi connectivity index (χ2n) is 15.5. The third kappa shape index (κ3) is 5.38. The van der Waals surface area contributed by atoms with Crippen molar-refractivity contribution in [2.75, 3.05) is 0 Å². The van der Waals surface area contributed by atoms with Crippen molar-refractivity contribution in [3.63, 3.8) is 0 Å². The molecule has 0 atom stereocenters. The highest BCUT2D eigenvalue weighted by molar-refractivity contribution is 7.25. The first-order chi connectivity index (χ1) is 29.7. The first-order valence-corrected chi connectivity index (χ1v) is 21.2. The Bertz CT molecular complexity index is 3330. The Balaban J connectivity index is 1.02. The van der Waals surface area contributed by atoms with E-state index in [0.29, 0.717) is 17.5 Å². The number of hydrogen-bond donors (Lipinski definition) is 0. The molecule has 0 saturated heterocycles. The van der Waals surface area contributed by atoms with Crippen molar-refractivity contribution < 1.29 is 0 Å². The van der Waals surface area contributed by atoms with Gasteiger partial charge in [0.25, 0.3) is 0 Å². The fourth-order valence-corrected chi connectivity index (χ4v) is 10.7. The van der Waals surface area contributed by atoms with Gasteiger partial charge in [0.1, 0.15) is 0 Å².